The zero-order valence-electron chi connectivity index (χ0n) is 9.13. The molecular weight excluding hydrogens is 174 g/mol. The van der Waals surface area contributed by atoms with Gasteiger partial charge in [-0.3, -0.25) is 0 Å². The monoisotopic (exact) mass is 197 g/mol. The normalized spacial score (nSPS) is 30.4. The number of hydrogen-bond acceptors (Lipinski definition) is 2. The number of hydrogen-bond donors (Lipinski definition) is 1. The summed E-state index contributed by atoms with van der Waals surface area (Å²) >= 11 is 0. The van der Waals surface area contributed by atoms with E-state index in [0.717, 1.165) is 12.5 Å². The van der Waals surface area contributed by atoms with Gasteiger partial charge in [0.15, 0.2) is 0 Å². The highest BCUT2D eigenvalue weighted by atomic mass is 16.5. The third-order valence-electron chi connectivity index (χ3n) is 3.52. The molecule has 1 atom stereocenters. The predicted octanol–water partition coefficient (Wildman–Crippen LogP) is 2.34. The van der Waals surface area contributed by atoms with Crippen LogP contribution in [0.4, 0.5) is 0 Å². The molecule has 1 saturated heterocycles. The minimum Gasteiger partial charge on any atom is -0.378 e. The van der Waals surface area contributed by atoms with Crippen LogP contribution >= 0.6 is 0 Å². The van der Waals surface area contributed by atoms with Crippen LogP contribution in [-0.2, 0) is 4.74 Å². The molecule has 2 heteroatoms. The van der Waals surface area contributed by atoms with Crippen LogP contribution in [0.3, 0.4) is 0 Å². The Kier molecular flexibility index (Phi) is 4.26. The molecule has 1 unspecified atom stereocenters. The van der Waals surface area contributed by atoms with Crippen molar-refractivity contribution in [1.29, 1.82) is 0 Å². The SMILES string of the molecule is C1CCC(COC2CCCC2)CNC1. The molecule has 2 rings (SSSR count). The van der Waals surface area contributed by atoms with Gasteiger partial charge in [0.1, 0.15) is 0 Å². The zero-order chi connectivity index (χ0) is 9.64. The molecule has 0 spiro atoms. The van der Waals surface area contributed by atoms with E-state index in [2.05, 4.69) is 5.32 Å². The van der Waals surface area contributed by atoms with Crippen molar-refractivity contribution >= 4 is 0 Å². The summed E-state index contributed by atoms with van der Waals surface area (Å²) < 4.78 is 5.96. The van der Waals surface area contributed by atoms with E-state index in [1.165, 1.54) is 58.0 Å². The molecule has 0 amide bonds. The summed E-state index contributed by atoms with van der Waals surface area (Å²) in [6, 6.07) is 0. The van der Waals surface area contributed by atoms with E-state index in [9.17, 15) is 0 Å². The van der Waals surface area contributed by atoms with Crippen molar-refractivity contribution in [3.8, 4) is 0 Å². The van der Waals surface area contributed by atoms with E-state index >= 15 is 0 Å². The molecule has 14 heavy (non-hydrogen) atoms. The Bertz CT molecular complexity index is 146. The largest absolute Gasteiger partial charge is 0.378 e. The van der Waals surface area contributed by atoms with E-state index in [1.54, 1.807) is 0 Å². The second kappa shape index (κ2) is 5.72. The van der Waals surface area contributed by atoms with Gasteiger partial charge < -0.3 is 10.1 Å². The third-order valence-corrected chi connectivity index (χ3v) is 3.52. The van der Waals surface area contributed by atoms with Crippen molar-refractivity contribution in [2.24, 2.45) is 5.92 Å². The Morgan fingerprint density at radius 3 is 2.64 bits per heavy atom. The van der Waals surface area contributed by atoms with Gasteiger partial charge >= 0.3 is 0 Å². The molecule has 1 N–H and O–H groups in total. The summed E-state index contributed by atoms with van der Waals surface area (Å²) in [7, 11) is 0. The van der Waals surface area contributed by atoms with E-state index in [0.29, 0.717) is 6.10 Å². The lowest BCUT2D eigenvalue weighted by atomic mass is 10.0. The van der Waals surface area contributed by atoms with Crippen LogP contribution in [0.15, 0.2) is 0 Å². The van der Waals surface area contributed by atoms with Crippen LogP contribution in [0.2, 0.25) is 0 Å². The Morgan fingerprint density at radius 2 is 1.79 bits per heavy atom. The Labute approximate surface area is 87.4 Å². The summed E-state index contributed by atoms with van der Waals surface area (Å²) in [4.78, 5) is 0. The molecule has 82 valence electrons. The lowest BCUT2D eigenvalue weighted by Gasteiger charge is -2.17. The maximum absolute atomic E-state index is 5.96. The lowest BCUT2D eigenvalue weighted by molar-refractivity contribution is 0.0326. The Morgan fingerprint density at radius 1 is 1.00 bits per heavy atom. The summed E-state index contributed by atoms with van der Waals surface area (Å²) in [5.41, 5.74) is 0. The number of rotatable bonds is 3. The first-order valence-corrected chi connectivity index (χ1v) is 6.27. The minimum absolute atomic E-state index is 0.596. The minimum atomic E-state index is 0.596. The molecule has 0 bridgehead atoms. The molecule has 1 aliphatic carbocycles. The van der Waals surface area contributed by atoms with E-state index < -0.39 is 0 Å². The Balaban J connectivity index is 1.62. The fraction of sp³-hybridized carbons (Fsp3) is 1.00. The fourth-order valence-electron chi connectivity index (χ4n) is 2.56. The van der Waals surface area contributed by atoms with Gasteiger partial charge in [-0.25, -0.2) is 0 Å². The van der Waals surface area contributed by atoms with Gasteiger partial charge in [0, 0.05) is 6.54 Å². The third kappa shape index (κ3) is 3.25. The van der Waals surface area contributed by atoms with Gasteiger partial charge in [0.2, 0.25) is 0 Å². The average Bonchev–Trinajstić information content (AvgIpc) is 2.58. The van der Waals surface area contributed by atoms with E-state index in [-0.39, 0.29) is 0 Å². The summed E-state index contributed by atoms with van der Waals surface area (Å²) in [6.07, 6.45) is 10.1. The molecule has 2 aliphatic rings. The maximum atomic E-state index is 5.96. The van der Waals surface area contributed by atoms with Gasteiger partial charge in [-0.2, -0.15) is 0 Å². The first kappa shape index (κ1) is 10.4. The molecule has 2 fully saturated rings. The molecule has 0 aromatic heterocycles. The van der Waals surface area contributed by atoms with Gasteiger partial charge in [-0.1, -0.05) is 19.3 Å². The molecule has 0 aromatic rings. The van der Waals surface area contributed by atoms with Crippen molar-refractivity contribution in [2.45, 2.75) is 51.0 Å². The van der Waals surface area contributed by atoms with Crippen LogP contribution in [0.1, 0.15) is 44.9 Å². The predicted molar refractivity (Wildman–Crippen MR) is 58.4 cm³/mol. The second-order valence-corrected chi connectivity index (χ2v) is 4.81. The Hall–Kier alpha value is -0.0800. The van der Waals surface area contributed by atoms with Crippen LogP contribution in [0.5, 0.6) is 0 Å². The van der Waals surface area contributed by atoms with Crippen molar-refractivity contribution in [3.05, 3.63) is 0 Å². The van der Waals surface area contributed by atoms with Gasteiger partial charge in [0.25, 0.3) is 0 Å². The molecule has 1 heterocycles. The van der Waals surface area contributed by atoms with Crippen LogP contribution < -0.4 is 5.32 Å². The molecule has 1 saturated carbocycles. The fourth-order valence-corrected chi connectivity index (χ4v) is 2.56. The molecule has 0 radical (unpaired) electrons. The highest BCUT2D eigenvalue weighted by Gasteiger charge is 2.18. The summed E-state index contributed by atoms with van der Waals surface area (Å²) in [5.74, 6) is 0.776. The van der Waals surface area contributed by atoms with Gasteiger partial charge in [-0.15, -0.1) is 0 Å². The van der Waals surface area contributed by atoms with Crippen molar-refractivity contribution < 1.29 is 4.74 Å². The first-order valence-electron chi connectivity index (χ1n) is 6.27. The zero-order valence-corrected chi connectivity index (χ0v) is 9.13. The molecule has 2 nitrogen and oxygen atoms in total. The van der Waals surface area contributed by atoms with Crippen LogP contribution in [-0.4, -0.2) is 25.8 Å². The van der Waals surface area contributed by atoms with E-state index in [4.69, 9.17) is 4.74 Å². The first-order chi connectivity index (χ1) is 6.95. The average molecular weight is 197 g/mol. The van der Waals surface area contributed by atoms with E-state index in [1.807, 2.05) is 0 Å². The highest BCUT2D eigenvalue weighted by molar-refractivity contribution is 4.70. The number of nitrogens with one attached hydrogen (secondary N) is 1. The van der Waals surface area contributed by atoms with Crippen LogP contribution in [0, 0.1) is 5.92 Å². The van der Waals surface area contributed by atoms with Crippen molar-refractivity contribution in [1.82, 2.24) is 5.32 Å². The topological polar surface area (TPSA) is 21.3 Å². The standard InChI is InChI=1S/C12H23NO/c1-2-7-12(6-1)14-10-11-5-3-4-8-13-9-11/h11-13H,1-10H2. The van der Waals surface area contributed by atoms with Crippen molar-refractivity contribution in [2.75, 3.05) is 19.7 Å². The maximum Gasteiger partial charge on any atom is 0.0575 e. The second-order valence-electron chi connectivity index (χ2n) is 4.81. The molecule has 1 aliphatic heterocycles. The number of ether oxygens (including phenoxy) is 1. The summed E-state index contributed by atoms with van der Waals surface area (Å²) in [5, 5.41) is 3.49. The molecular formula is C12H23NO. The van der Waals surface area contributed by atoms with Gasteiger partial charge in [0.05, 0.1) is 12.7 Å². The van der Waals surface area contributed by atoms with Gasteiger partial charge in [-0.05, 0) is 38.1 Å². The highest BCUT2D eigenvalue weighted by Crippen LogP contribution is 2.22. The molecule has 0 aromatic carbocycles. The summed E-state index contributed by atoms with van der Waals surface area (Å²) in [6.45, 7) is 3.38. The van der Waals surface area contributed by atoms with Crippen molar-refractivity contribution in [3.63, 3.8) is 0 Å². The lowest BCUT2D eigenvalue weighted by Crippen LogP contribution is -2.25. The smallest absolute Gasteiger partial charge is 0.0575 e. The van der Waals surface area contributed by atoms with Crippen LogP contribution in [0.25, 0.3) is 0 Å². The quantitative estimate of drug-likeness (QED) is 0.750.